The van der Waals surface area contributed by atoms with E-state index in [2.05, 4.69) is 6.92 Å². The van der Waals surface area contributed by atoms with Crippen molar-refractivity contribution in [2.24, 2.45) is 29.1 Å². The Morgan fingerprint density at radius 2 is 1.50 bits per heavy atom. The first-order chi connectivity index (χ1) is 6.72. The number of nitrogens with two attached hydrogens (primary N) is 1. The molecule has 14 heavy (non-hydrogen) atoms. The molecule has 0 radical (unpaired) electrons. The lowest BCUT2D eigenvalue weighted by molar-refractivity contribution is -0.137. The fourth-order valence-corrected chi connectivity index (χ4v) is 4.82. The summed E-state index contributed by atoms with van der Waals surface area (Å²) in [6.07, 6.45) is 8.92. The minimum absolute atomic E-state index is 0.274. The van der Waals surface area contributed by atoms with Crippen molar-refractivity contribution in [1.29, 1.82) is 0 Å². The first-order valence-electron chi connectivity index (χ1n) is 6.07. The van der Waals surface area contributed by atoms with E-state index in [1.165, 1.54) is 38.5 Å². The predicted octanol–water partition coefficient (Wildman–Crippen LogP) is 2.48. The van der Waals surface area contributed by atoms with Crippen molar-refractivity contribution < 1.29 is 4.84 Å². The molecular weight excluding hydrogens is 174 g/mol. The molecule has 80 valence electrons. The Morgan fingerprint density at radius 3 is 1.86 bits per heavy atom. The molecule has 0 aromatic carbocycles. The van der Waals surface area contributed by atoms with Gasteiger partial charge in [0.2, 0.25) is 0 Å². The summed E-state index contributed by atoms with van der Waals surface area (Å²) in [6.45, 7) is 2.17. The summed E-state index contributed by atoms with van der Waals surface area (Å²) in [4.78, 5) is 5.14. The topological polar surface area (TPSA) is 35.2 Å². The molecule has 0 aliphatic heterocycles. The minimum Gasteiger partial charge on any atom is -0.301 e. The molecule has 4 rings (SSSR count). The van der Waals surface area contributed by atoms with Crippen LogP contribution in [0.15, 0.2) is 0 Å². The normalized spacial score (nSPS) is 52.3. The Balaban J connectivity index is 1.87. The van der Waals surface area contributed by atoms with Gasteiger partial charge in [-0.2, -0.15) is 0 Å². The molecule has 0 amide bonds. The molecule has 2 N–H and O–H groups in total. The Morgan fingerprint density at radius 1 is 1.07 bits per heavy atom. The highest BCUT2D eigenvalue weighted by atomic mass is 16.6. The Bertz CT molecular complexity index is 203. The van der Waals surface area contributed by atoms with Crippen molar-refractivity contribution in [3.63, 3.8) is 0 Å². The second-order valence-corrected chi connectivity index (χ2v) is 6.06. The second-order valence-electron chi connectivity index (χ2n) is 6.06. The summed E-state index contributed by atoms with van der Waals surface area (Å²) in [6, 6.07) is 0. The molecule has 4 saturated carbocycles. The smallest absolute Gasteiger partial charge is 0.0815 e. The van der Waals surface area contributed by atoms with Crippen LogP contribution in [0, 0.1) is 23.2 Å². The van der Waals surface area contributed by atoms with Crippen LogP contribution in [0.1, 0.15) is 45.4 Å². The van der Waals surface area contributed by atoms with Crippen molar-refractivity contribution in [3.8, 4) is 0 Å². The van der Waals surface area contributed by atoms with Gasteiger partial charge >= 0.3 is 0 Å². The third kappa shape index (κ3) is 1.17. The maximum atomic E-state index is 5.39. The molecule has 4 bridgehead atoms. The molecule has 1 atom stereocenters. The number of hydrogen-bond acceptors (Lipinski definition) is 2. The van der Waals surface area contributed by atoms with Gasteiger partial charge in [-0.25, -0.2) is 5.90 Å². The number of rotatable bonds is 2. The highest BCUT2D eigenvalue weighted by molar-refractivity contribution is 5.03. The van der Waals surface area contributed by atoms with Crippen molar-refractivity contribution in [3.05, 3.63) is 0 Å². The van der Waals surface area contributed by atoms with Crippen molar-refractivity contribution >= 4 is 0 Å². The first kappa shape index (κ1) is 9.17. The van der Waals surface area contributed by atoms with E-state index in [0.29, 0.717) is 5.41 Å². The lowest BCUT2D eigenvalue weighted by atomic mass is 9.48. The van der Waals surface area contributed by atoms with Gasteiger partial charge in [-0.3, -0.25) is 0 Å². The molecule has 0 saturated heterocycles. The number of hydrogen-bond donors (Lipinski definition) is 1. The highest BCUT2D eigenvalue weighted by Gasteiger charge is 2.53. The van der Waals surface area contributed by atoms with Crippen LogP contribution in [-0.2, 0) is 4.84 Å². The summed E-state index contributed by atoms with van der Waals surface area (Å²) in [5.74, 6) is 8.39. The van der Waals surface area contributed by atoms with Gasteiger partial charge in [0.1, 0.15) is 0 Å². The Kier molecular flexibility index (Phi) is 1.94. The van der Waals surface area contributed by atoms with E-state index < -0.39 is 0 Å². The Labute approximate surface area is 86.1 Å². The average Bonchev–Trinajstić information content (AvgIpc) is 2.14. The maximum Gasteiger partial charge on any atom is 0.0815 e. The lowest BCUT2D eigenvalue weighted by Crippen LogP contribution is -2.52. The molecular formula is C12H21NO. The van der Waals surface area contributed by atoms with Gasteiger partial charge in [0.05, 0.1) is 6.10 Å². The molecule has 1 unspecified atom stereocenters. The van der Waals surface area contributed by atoms with Crippen LogP contribution in [-0.4, -0.2) is 6.10 Å². The van der Waals surface area contributed by atoms with Crippen LogP contribution >= 0.6 is 0 Å². The summed E-state index contributed by atoms with van der Waals surface area (Å²) in [5, 5.41) is 0. The summed E-state index contributed by atoms with van der Waals surface area (Å²) in [7, 11) is 0. The van der Waals surface area contributed by atoms with E-state index in [4.69, 9.17) is 10.7 Å². The average molecular weight is 195 g/mol. The third-order valence-electron chi connectivity index (χ3n) is 5.15. The van der Waals surface area contributed by atoms with Gasteiger partial charge < -0.3 is 4.84 Å². The Hall–Kier alpha value is -0.0800. The van der Waals surface area contributed by atoms with Crippen LogP contribution in [0.3, 0.4) is 0 Å². The molecule has 4 fully saturated rings. The van der Waals surface area contributed by atoms with Crippen LogP contribution in [0.5, 0.6) is 0 Å². The quantitative estimate of drug-likeness (QED) is 0.687. The van der Waals surface area contributed by atoms with Gasteiger partial charge in [-0.1, -0.05) is 0 Å². The van der Waals surface area contributed by atoms with Crippen molar-refractivity contribution in [2.45, 2.75) is 51.6 Å². The highest BCUT2D eigenvalue weighted by Crippen LogP contribution is 2.61. The molecule has 4 aliphatic rings. The van der Waals surface area contributed by atoms with Crippen LogP contribution in [0.2, 0.25) is 0 Å². The summed E-state index contributed by atoms with van der Waals surface area (Å²) >= 11 is 0. The van der Waals surface area contributed by atoms with E-state index in [9.17, 15) is 0 Å². The van der Waals surface area contributed by atoms with E-state index in [0.717, 1.165) is 17.8 Å². The van der Waals surface area contributed by atoms with E-state index in [-0.39, 0.29) is 6.10 Å². The fourth-order valence-electron chi connectivity index (χ4n) is 4.82. The molecule has 0 aromatic rings. The van der Waals surface area contributed by atoms with Crippen LogP contribution < -0.4 is 5.90 Å². The van der Waals surface area contributed by atoms with E-state index >= 15 is 0 Å². The molecule has 0 spiro atoms. The van der Waals surface area contributed by atoms with Crippen molar-refractivity contribution in [2.75, 3.05) is 0 Å². The monoisotopic (exact) mass is 195 g/mol. The van der Waals surface area contributed by atoms with Gasteiger partial charge in [0.15, 0.2) is 0 Å². The van der Waals surface area contributed by atoms with Crippen LogP contribution in [0.4, 0.5) is 0 Å². The van der Waals surface area contributed by atoms with Crippen molar-refractivity contribution in [1.82, 2.24) is 0 Å². The van der Waals surface area contributed by atoms with Gasteiger partial charge in [-0.05, 0) is 68.6 Å². The summed E-state index contributed by atoms with van der Waals surface area (Å²) in [5.41, 5.74) is 0.462. The van der Waals surface area contributed by atoms with Gasteiger partial charge in [0, 0.05) is 0 Å². The predicted molar refractivity (Wildman–Crippen MR) is 55.3 cm³/mol. The maximum absolute atomic E-state index is 5.39. The van der Waals surface area contributed by atoms with Gasteiger partial charge in [-0.15, -0.1) is 0 Å². The largest absolute Gasteiger partial charge is 0.301 e. The van der Waals surface area contributed by atoms with Gasteiger partial charge in [0.25, 0.3) is 0 Å². The third-order valence-corrected chi connectivity index (χ3v) is 5.15. The fraction of sp³-hybridized carbons (Fsp3) is 1.00. The van der Waals surface area contributed by atoms with E-state index in [1.807, 2.05) is 0 Å². The lowest BCUT2D eigenvalue weighted by Gasteiger charge is -2.58. The second kappa shape index (κ2) is 2.96. The SMILES string of the molecule is CC(ON)C12CC3CC(CC(C3)C1)C2. The van der Waals surface area contributed by atoms with Crippen LogP contribution in [0.25, 0.3) is 0 Å². The zero-order chi connectivity index (χ0) is 9.76. The zero-order valence-corrected chi connectivity index (χ0v) is 9.04. The zero-order valence-electron chi connectivity index (χ0n) is 9.04. The molecule has 0 aromatic heterocycles. The minimum atomic E-state index is 0.274. The van der Waals surface area contributed by atoms with E-state index in [1.54, 1.807) is 0 Å². The first-order valence-corrected chi connectivity index (χ1v) is 6.07. The standard InChI is InChI=1S/C12H21NO/c1-8(14-13)12-5-9-2-10(6-12)4-11(3-9)7-12/h8-11H,2-7,13H2,1H3. The summed E-state index contributed by atoms with van der Waals surface area (Å²) < 4.78 is 0. The molecule has 2 nitrogen and oxygen atoms in total. The molecule has 0 heterocycles. The molecule has 4 aliphatic carbocycles. The molecule has 2 heteroatoms.